The predicted octanol–water partition coefficient (Wildman–Crippen LogP) is 0.394. The third kappa shape index (κ3) is 4.92. The van der Waals surface area contributed by atoms with Crippen LogP contribution in [0, 0.1) is 19.8 Å². The highest BCUT2D eigenvalue weighted by Crippen LogP contribution is 2.18. The first-order chi connectivity index (χ1) is 12.5. The van der Waals surface area contributed by atoms with Gasteiger partial charge >= 0.3 is 0 Å². The second-order valence-corrected chi connectivity index (χ2v) is 7.64. The molecule has 2 aliphatic heterocycles. The van der Waals surface area contributed by atoms with Crippen LogP contribution in [0.2, 0.25) is 0 Å². The topological polar surface area (TPSA) is 70.5 Å². The van der Waals surface area contributed by atoms with Crippen LogP contribution in [0.25, 0.3) is 0 Å². The lowest BCUT2D eigenvalue weighted by Crippen LogP contribution is -2.41. The molecule has 7 heteroatoms. The second kappa shape index (κ2) is 8.77. The predicted molar refractivity (Wildman–Crippen MR) is 101 cm³/mol. The van der Waals surface area contributed by atoms with Gasteiger partial charge in [-0.3, -0.25) is 19.1 Å². The first-order valence-electron chi connectivity index (χ1n) is 9.77. The van der Waals surface area contributed by atoms with E-state index in [0.29, 0.717) is 12.3 Å². The van der Waals surface area contributed by atoms with Crippen molar-refractivity contribution in [1.29, 1.82) is 0 Å². The number of aryl methyl sites for hydroxylation is 1. The number of rotatable bonds is 5. The van der Waals surface area contributed by atoms with Crippen molar-refractivity contribution in [3.63, 3.8) is 0 Å². The van der Waals surface area contributed by atoms with Gasteiger partial charge in [0.2, 0.25) is 5.91 Å². The summed E-state index contributed by atoms with van der Waals surface area (Å²) in [5.41, 5.74) is 1.69. The number of aromatic nitrogens is 2. The summed E-state index contributed by atoms with van der Waals surface area (Å²) in [5.74, 6) is 0.720. The lowest BCUT2D eigenvalue weighted by atomic mass is 9.96. The van der Waals surface area contributed by atoms with Gasteiger partial charge in [0.15, 0.2) is 0 Å². The highest BCUT2D eigenvalue weighted by atomic mass is 16.1. The Kier molecular flexibility index (Phi) is 6.43. The van der Waals surface area contributed by atoms with E-state index in [1.807, 2.05) is 13.8 Å². The standard InChI is InChI=1S/C19H31N5O2/c1-15-16(2)21-14-24(19(15)26)13-17-3-7-22(8-4-17)11-12-23-9-5-18(25)20-6-10-23/h14,17H,3-13H2,1-2H3,(H,20,25). The molecule has 1 aromatic rings. The zero-order chi connectivity index (χ0) is 18.5. The van der Waals surface area contributed by atoms with Gasteiger partial charge in [-0.25, -0.2) is 4.98 Å². The molecule has 0 radical (unpaired) electrons. The molecule has 0 spiro atoms. The van der Waals surface area contributed by atoms with Gasteiger partial charge in [0.05, 0.1) is 6.33 Å². The normalized spacial score (nSPS) is 20.8. The average Bonchev–Trinajstić information content (AvgIpc) is 2.86. The first kappa shape index (κ1) is 19.0. The Morgan fingerprint density at radius 2 is 1.77 bits per heavy atom. The van der Waals surface area contributed by atoms with Crippen molar-refractivity contribution in [2.75, 3.05) is 45.8 Å². The summed E-state index contributed by atoms with van der Waals surface area (Å²) >= 11 is 0. The van der Waals surface area contributed by atoms with Crippen molar-refractivity contribution in [3.8, 4) is 0 Å². The van der Waals surface area contributed by atoms with E-state index in [0.717, 1.165) is 76.5 Å². The SMILES string of the molecule is Cc1ncn(CC2CCN(CCN3CCNC(=O)CC3)CC2)c(=O)c1C. The van der Waals surface area contributed by atoms with E-state index in [1.54, 1.807) is 10.9 Å². The van der Waals surface area contributed by atoms with Gasteiger partial charge in [-0.05, 0) is 45.7 Å². The molecule has 2 fully saturated rings. The Morgan fingerprint density at radius 1 is 1.08 bits per heavy atom. The van der Waals surface area contributed by atoms with Crippen LogP contribution in [0.1, 0.15) is 30.5 Å². The van der Waals surface area contributed by atoms with Crippen LogP contribution in [0.3, 0.4) is 0 Å². The molecule has 0 aromatic carbocycles. The largest absolute Gasteiger partial charge is 0.355 e. The third-order valence-corrected chi connectivity index (χ3v) is 5.81. The molecule has 3 rings (SSSR count). The third-order valence-electron chi connectivity index (χ3n) is 5.81. The van der Waals surface area contributed by atoms with Crippen molar-refractivity contribution >= 4 is 5.91 Å². The molecule has 0 saturated carbocycles. The summed E-state index contributed by atoms with van der Waals surface area (Å²) in [6.45, 7) is 11.4. The molecule has 1 N–H and O–H groups in total. The van der Waals surface area contributed by atoms with Gasteiger partial charge in [-0.1, -0.05) is 0 Å². The molecule has 0 atom stereocenters. The molecule has 1 aromatic heterocycles. The number of carbonyl (C=O) groups excluding carboxylic acids is 1. The van der Waals surface area contributed by atoms with Gasteiger partial charge in [0.25, 0.3) is 5.56 Å². The molecule has 144 valence electrons. The smallest absolute Gasteiger partial charge is 0.256 e. The highest BCUT2D eigenvalue weighted by Gasteiger charge is 2.21. The van der Waals surface area contributed by atoms with E-state index in [2.05, 4.69) is 20.1 Å². The fraction of sp³-hybridized carbons (Fsp3) is 0.737. The lowest BCUT2D eigenvalue weighted by Gasteiger charge is -2.33. The number of amides is 1. The number of likely N-dealkylation sites (tertiary alicyclic amines) is 1. The number of nitrogens with one attached hydrogen (secondary N) is 1. The summed E-state index contributed by atoms with van der Waals surface area (Å²) in [7, 11) is 0. The van der Waals surface area contributed by atoms with Crippen LogP contribution < -0.4 is 10.9 Å². The maximum absolute atomic E-state index is 12.3. The Balaban J connectivity index is 1.42. The minimum absolute atomic E-state index is 0.101. The molecule has 2 saturated heterocycles. The molecule has 3 heterocycles. The second-order valence-electron chi connectivity index (χ2n) is 7.64. The first-order valence-corrected chi connectivity index (χ1v) is 9.77. The minimum atomic E-state index is 0.101. The van der Waals surface area contributed by atoms with Crippen LogP contribution in [-0.4, -0.2) is 71.1 Å². The monoisotopic (exact) mass is 361 g/mol. The Bertz CT molecular complexity index is 679. The van der Waals surface area contributed by atoms with Crippen LogP contribution in [0.5, 0.6) is 0 Å². The molecule has 0 aliphatic carbocycles. The zero-order valence-electron chi connectivity index (χ0n) is 16.0. The summed E-state index contributed by atoms with van der Waals surface area (Å²) in [4.78, 5) is 33.0. The van der Waals surface area contributed by atoms with Crippen molar-refractivity contribution in [2.45, 2.75) is 39.7 Å². The van der Waals surface area contributed by atoms with Crippen molar-refractivity contribution in [2.24, 2.45) is 5.92 Å². The Labute approximate surface area is 155 Å². The highest BCUT2D eigenvalue weighted by molar-refractivity contribution is 5.76. The number of nitrogens with zero attached hydrogens (tertiary/aromatic N) is 4. The summed E-state index contributed by atoms with van der Waals surface area (Å²) < 4.78 is 1.78. The molecule has 0 bridgehead atoms. The molecular formula is C19H31N5O2. The van der Waals surface area contributed by atoms with Gasteiger partial charge in [-0.2, -0.15) is 0 Å². The van der Waals surface area contributed by atoms with Crippen LogP contribution in [0.4, 0.5) is 0 Å². The number of piperidine rings is 1. The van der Waals surface area contributed by atoms with E-state index >= 15 is 0 Å². The van der Waals surface area contributed by atoms with Crippen molar-refractivity contribution in [1.82, 2.24) is 24.7 Å². The lowest BCUT2D eigenvalue weighted by molar-refractivity contribution is -0.120. The summed E-state index contributed by atoms with van der Waals surface area (Å²) in [6, 6.07) is 0. The van der Waals surface area contributed by atoms with E-state index < -0.39 is 0 Å². The quantitative estimate of drug-likeness (QED) is 0.822. The Morgan fingerprint density at radius 3 is 2.50 bits per heavy atom. The summed E-state index contributed by atoms with van der Waals surface area (Å²) in [5, 5.41) is 2.93. The van der Waals surface area contributed by atoms with E-state index in [1.165, 1.54) is 0 Å². The minimum Gasteiger partial charge on any atom is -0.355 e. The number of hydrogen-bond acceptors (Lipinski definition) is 5. The van der Waals surface area contributed by atoms with Crippen LogP contribution >= 0.6 is 0 Å². The maximum Gasteiger partial charge on any atom is 0.256 e. The fourth-order valence-electron chi connectivity index (χ4n) is 3.80. The van der Waals surface area contributed by atoms with Gasteiger partial charge in [-0.15, -0.1) is 0 Å². The molecular weight excluding hydrogens is 330 g/mol. The summed E-state index contributed by atoms with van der Waals surface area (Å²) in [6.07, 6.45) is 4.56. The molecule has 0 unspecified atom stereocenters. The van der Waals surface area contributed by atoms with Gasteiger partial charge < -0.3 is 10.2 Å². The fourth-order valence-corrected chi connectivity index (χ4v) is 3.80. The van der Waals surface area contributed by atoms with Gasteiger partial charge in [0, 0.05) is 56.9 Å². The number of hydrogen-bond donors (Lipinski definition) is 1. The van der Waals surface area contributed by atoms with Crippen LogP contribution in [-0.2, 0) is 11.3 Å². The zero-order valence-corrected chi connectivity index (χ0v) is 16.0. The molecule has 7 nitrogen and oxygen atoms in total. The average molecular weight is 361 g/mol. The molecule has 1 amide bonds. The van der Waals surface area contributed by atoms with E-state index in [9.17, 15) is 9.59 Å². The Hall–Kier alpha value is -1.73. The maximum atomic E-state index is 12.3. The van der Waals surface area contributed by atoms with Crippen molar-refractivity contribution in [3.05, 3.63) is 27.9 Å². The van der Waals surface area contributed by atoms with Crippen LogP contribution in [0.15, 0.2) is 11.1 Å². The van der Waals surface area contributed by atoms with Crippen molar-refractivity contribution < 1.29 is 4.79 Å². The molecule has 26 heavy (non-hydrogen) atoms. The van der Waals surface area contributed by atoms with E-state index in [4.69, 9.17) is 0 Å². The molecule has 2 aliphatic rings. The van der Waals surface area contributed by atoms with Gasteiger partial charge in [0.1, 0.15) is 0 Å². The van der Waals surface area contributed by atoms with E-state index in [-0.39, 0.29) is 11.5 Å². The number of carbonyl (C=O) groups is 1.